The van der Waals surface area contributed by atoms with Crippen LogP contribution in [0.15, 0.2) is 0 Å². The van der Waals surface area contributed by atoms with Gasteiger partial charge in [-0.05, 0) is 50.0 Å². The molecule has 3 unspecified atom stereocenters. The van der Waals surface area contributed by atoms with Crippen molar-refractivity contribution in [2.75, 3.05) is 6.54 Å². The van der Waals surface area contributed by atoms with Gasteiger partial charge in [0, 0.05) is 6.04 Å². The zero-order valence-corrected chi connectivity index (χ0v) is 11.2. The predicted molar refractivity (Wildman–Crippen MR) is 70.5 cm³/mol. The molecule has 1 nitrogen and oxygen atoms in total. The van der Waals surface area contributed by atoms with E-state index in [4.69, 9.17) is 0 Å². The Hall–Kier alpha value is -0.0400. The summed E-state index contributed by atoms with van der Waals surface area (Å²) < 4.78 is 0. The van der Waals surface area contributed by atoms with Crippen molar-refractivity contribution in [3.8, 4) is 0 Å². The molecule has 1 N–H and O–H groups in total. The second-order valence-corrected chi connectivity index (χ2v) is 6.13. The molecule has 2 aliphatic carbocycles. The second-order valence-electron chi connectivity index (χ2n) is 6.13. The van der Waals surface area contributed by atoms with Gasteiger partial charge in [0.05, 0.1) is 0 Å². The van der Waals surface area contributed by atoms with Gasteiger partial charge in [-0.25, -0.2) is 0 Å². The maximum absolute atomic E-state index is 3.76. The first kappa shape index (κ1) is 12.4. The van der Waals surface area contributed by atoms with Crippen LogP contribution in [0.1, 0.15) is 65.2 Å². The summed E-state index contributed by atoms with van der Waals surface area (Å²) in [5.74, 6) is 2.90. The van der Waals surface area contributed by atoms with Crippen molar-refractivity contribution in [3.63, 3.8) is 0 Å². The van der Waals surface area contributed by atoms with E-state index in [9.17, 15) is 0 Å². The fourth-order valence-corrected chi connectivity index (χ4v) is 3.32. The molecular weight excluding hydrogens is 194 g/mol. The van der Waals surface area contributed by atoms with E-state index in [0.29, 0.717) is 0 Å². The van der Waals surface area contributed by atoms with Crippen molar-refractivity contribution >= 4 is 0 Å². The van der Waals surface area contributed by atoms with Gasteiger partial charge in [-0.15, -0.1) is 0 Å². The molecule has 0 bridgehead atoms. The van der Waals surface area contributed by atoms with E-state index < -0.39 is 0 Å². The highest BCUT2D eigenvalue weighted by Gasteiger charge is 2.29. The minimum atomic E-state index is 0.890. The molecule has 0 radical (unpaired) electrons. The fourth-order valence-electron chi connectivity index (χ4n) is 3.32. The van der Waals surface area contributed by atoms with Crippen molar-refractivity contribution in [1.82, 2.24) is 5.32 Å². The highest BCUT2D eigenvalue weighted by molar-refractivity contribution is 4.85. The van der Waals surface area contributed by atoms with Gasteiger partial charge < -0.3 is 5.32 Å². The van der Waals surface area contributed by atoms with Crippen molar-refractivity contribution < 1.29 is 0 Å². The number of hydrogen-bond donors (Lipinski definition) is 1. The standard InChI is InChI=1S/C15H29N/c1-3-12(2)15-8-6-4-5-7-13(15)11-16-14-9-10-14/h12-16H,3-11H2,1-2H3. The summed E-state index contributed by atoms with van der Waals surface area (Å²) in [5, 5.41) is 3.76. The molecule has 2 aliphatic rings. The zero-order chi connectivity index (χ0) is 11.4. The van der Waals surface area contributed by atoms with Gasteiger partial charge in [0.25, 0.3) is 0 Å². The summed E-state index contributed by atoms with van der Waals surface area (Å²) in [5.41, 5.74) is 0. The maximum atomic E-state index is 3.76. The van der Waals surface area contributed by atoms with Crippen LogP contribution >= 0.6 is 0 Å². The summed E-state index contributed by atoms with van der Waals surface area (Å²) >= 11 is 0. The first-order chi connectivity index (χ1) is 7.81. The van der Waals surface area contributed by atoms with E-state index in [2.05, 4.69) is 19.2 Å². The molecule has 0 aliphatic heterocycles. The summed E-state index contributed by atoms with van der Waals surface area (Å²) in [6.07, 6.45) is 11.6. The van der Waals surface area contributed by atoms with Crippen LogP contribution in [-0.2, 0) is 0 Å². The third-order valence-corrected chi connectivity index (χ3v) is 4.84. The van der Waals surface area contributed by atoms with Crippen molar-refractivity contribution in [2.24, 2.45) is 17.8 Å². The Bertz CT molecular complexity index is 198. The third kappa shape index (κ3) is 3.48. The molecule has 0 saturated heterocycles. The van der Waals surface area contributed by atoms with Gasteiger partial charge in [0.2, 0.25) is 0 Å². The summed E-state index contributed by atoms with van der Waals surface area (Å²) in [6.45, 7) is 6.14. The lowest BCUT2D eigenvalue weighted by Crippen LogP contribution is -2.31. The average Bonchev–Trinajstić information content (AvgIpc) is 3.12. The van der Waals surface area contributed by atoms with Crippen LogP contribution in [0, 0.1) is 17.8 Å². The van der Waals surface area contributed by atoms with Crippen molar-refractivity contribution in [2.45, 2.75) is 71.3 Å². The second kappa shape index (κ2) is 6.05. The first-order valence-electron chi connectivity index (χ1n) is 7.54. The summed E-state index contributed by atoms with van der Waals surface area (Å²) in [4.78, 5) is 0. The molecule has 0 aromatic carbocycles. The molecule has 0 amide bonds. The van der Waals surface area contributed by atoms with Crippen LogP contribution in [0.3, 0.4) is 0 Å². The van der Waals surface area contributed by atoms with Gasteiger partial charge in [-0.2, -0.15) is 0 Å². The molecule has 0 aromatic rings. The first-order valence-corrected chi connectivity index (χ1v) is 7.54. The Morgan fingerprint density at radius 3 is 2.50 bits per heavy atom. The lowest BCUT2D eigenvalue weighted by molar-refractivity contribution is 0.213. The Balaban J connectivity index is 1.85. The van der Waals surface area contributed by atoms with E-state index in [1.807, 2.05) is 0 Å². The molecule has 2 fully saturated rings. The quantitative estimate of drug-likeness (QED) is 0.695. The topological polar surface area (TPSA) is 12.0 Å². The summed E-state index contributed by atoms with van der Waals surface area (Å²) in [7, 11) is 0. The van der Waals surface area contributed by atoms with E-state index in [1.54, 1.807) is 0 Å². The Labute approximate surface area is 101 Å². The molecule has 0 aromatic heterocycles. The van der Waals surface area contributed by atoms with Crippen LogP contribution in [0.25, 0.3) is 0 Å². The molecule has 2 saturated carbocycles. The molecule has 0 heterocycles. The minimum Gasteiger partial charge on any atom is -0.314 e. The molecule has 0 spiro atoms. The Morgan fingerprint density at radius 1 is 1.06 bits per heavy atom. The van der Waals surface area contributed by atoms with Crippen LogP contribution < -0.4 is 5.32 Å². The van der Waals surface area contributed by atoms with Gasteiger partial charge in [0.1, 0.15) is 0 Å². The SMILES string of the molecule is CCC(C)C1CCCCCC1CNC1CC1. The monoisotopic (exact) mass is 223 g/mol. The molecular formula is C15H29N. The average molecular weight is 223 g/mol. The normalized spacial score (nSPS) is 33.4. The van der Waals surface area contributed by atoms with Crippen LogP contribution in [-0.4, -0.2) is 12.6 Å². The number of rotatable bonds is 5. The predicted octanol–water partition coefficient (Wildman–Crippen LogP) is 3.98. The van der Waals surface area contributed by atoms with Crippen LogP contribution in [0.4, 0.5) is 0 Å². The lowest BCUT2D eigenvalue weighted by Gasteiger charge is -2.30. The van der Waals surface area contributed by atoms with E-state index >= 15 is 0 Å². The molecule has 1 heteroatoms. The van der Waals surface area contributed by atoms with Gasteiger partial charge >= 0.3 is 0 Å². The zero-order valence-electron chi connectivity index (χ0n) is 11.2. The van der Waals surface area contributed by atoms with Gasteiger partial charge in [-0.1, -0.05) is 39.5 Å². The Morgan fingerprint density at radius 2 is 1.81 bits per heavy atom. The van der Waals surface area contributed by atoms with Gasteiger partial charge in [0.15, 0.2) is 0 Å². The third-order valence-electron chi connectivity index (χ3n) is 4.84. The number of nitrogens with one attached hydrogen (secondary N) is 1. The van der Waals surface area contributed by atoms with E-state index in [0.717, 1.165) is 23.8 Å². The lowest BCUT2D eigenvalue weighted by atomic mass is 9.78. The molecule has 2 rings (SSSR count). The highest BCUT2D eigenvalue weighted by atomic mass is 14.9. The molecule has 94 valence electrons. The van der Waals surface area contributed by atoms with Crippen LogP contribution in [0.5, 0.6) is 0 Å². The summed E-state index contributed by atoms with van der Waals surface area (Å²) in [6, 6.07) is 0.890. The van der Waals surface area contributed by atoms with Crippen LogP contribution in [0.2, 0.25) is 0 Å². The number of hydrogen-bond acceptors (Lipinski definition) is 1. The fraction of sp³-hybridized carbons (Fsp3) is 1.00. The molecule has 3 atom stereocenters. The minimum absolute atomic E-state index is 0.890. The maximum Gasteiger partial charge on any atom is 0.00683 e. The molecule has 16 heavy (non-hydrogen) atoms. The van der Waals surface area contributed by atoms with Gasteiger partial charge in [-0.3, -0.25) is 0 Å². The Kier molecular flexibility index (Phi) is 4.69. The van der Waals surface area contributed by atoms with E-state index in [1.165, 1.54) is 57.9 Å². The highest BCUT2D eigenvalue weighted by Crippen LogP contribution is 2.35. The van der Waals surface area contributed by atoms with E-state index in [-0.39, 0.29) is 0 Å². The smallest absolute Gasteiger partial charge is 0.00683 e. The largest absolute Gasteiger partial charge is 0.314 e. The van der Waals surface area contributed by atoms with Crippen molar-refractivity contribution in [3.05, 3.63) is 0 Å². The van der Waals surface area contributed by atoms with Crippen molar-refractivity contribution in [1.29, 1.82) is 0 Å².